The summed E-state index contributed by atoms with van der Waals surface area (Å²) < 4.78 is 34.6. The van der Waals surface area contributed by atoms with Crippen LogP contribution >= 0.6 is 11.6 Å². The lowest BCUT2D eigenvalue weighted by molar-refractivity contribution is 0.0918. The molecule has 0 bridgehead atoms. The van der Waals surface area contributed by atoms with Crippen LogP contribution < -0.4 is 4.74 Å². The molecule has 0 unspecified atom stereocenters. The number of hydrogen-bond acceptors (Lipinski definition) is 5. The highest BCUT2D eigenvalue weighted by Gasteiger charge is 2.42. The zero-order valence-corrected chi connectivity index (χ0v) is 16.7. The van der Waals surface area contributed by atoms with Gasteiger partial charge in [-0.15, -0.1) is 0 Å². The monoisotopic (exact) mass is 419 g/mol. The van der Waals surface area contributed by atoms with E-state index in [9.17, 15) is 13.2 Å². The van der Waals surface area contributed by atoms with Gasteiger partial charge < -0.3 is 4.74 Å². The van der Waals surface area contributed by atoms with Crippen molar-refractivity contribution in [3.05, 3.63) is 59.4 Å². The minimum Gasteiger partial charge on any atom is -0.497 e. The van der Waals surface area contributed by atoms with Gasteiger partial charge in [-0.2, -0.15) is 4.31 Å². The van der Waals surface area contributed by atoms with E-state index in [1.807, 2.05) is 0 Å². The summed E-state index contributed by atoms with van der Waals surface area (Å²) in [5.41, 5.74) is 0.875. The molecule has 0 spiro atoms. The third kappa shape index (κ3) is 3.07. The molecule has 0 N–H and O–H groups in total. The van der Waals surface area contributed by atoms with Crippen LogP contribution in [0.5, 0.6) is 5.75 Å². The highest BCUT2D eigenvalue weighted by Crippen LogP contribution is 2.32. The minimum absolute atomic E-state index is 0.103. The zero-order chi connectivity index (χ0) is 19.9. The number of sulfonamides is 1. The summed E-state index contributed by atoms with van der Waals surface area (Å²) in [5, 5.41) is -0.215. The average molecular weight is 420 g/mol. The molecule has 0 radical (unpaired) electrons. The molecule has 146 valence electrons. The van der Waals surface area contributed by atoms with Gasteiger partial charge in [-0.1, -0.05) is 17.7 Å². The number of nitrogens with zero attached hydrogens (tertiary/aromatic N) is 3. The van der Waals surface area contributed by atoms with E-state index in [1.54, 1.807) is 55.8 Å². The first-order valence-electron chi connectivity index (χ1n) is 8.76. The molecule has 4 rings (SSSR count). The van der Waals surface area contributed by atoms with Crippen LogP contribution in [0.4, 0.5) is 0 Å². The Labute approximate surface area is 167 Å². The van der Waals surface area contributed by atoms with Crippen LogP contribution in [0.15, 0.2) is 53.7 Å². The first kappa shape index (κ1) is 18.9. The Morgan fingerprint density at radius 3 is 2.68 bits per heavy atom. The Bertz CT molecular complexity index is 1140. The fourth-order valence-electron chi connectivity index (χ4n) is 3.52. The molecule has 0 amide bonds. The summed E-state index contributed by atoms with van der Waals surface area (Å²) in [6, 6.07) is 11.0. The van der Waals surface area contributed by atoms with Crippen molar-refractivity contribution < 1.29 is 17.9 Å². The molecule has 7 nitrogen and oxygen atoms in total. The molecular formula is C19H18ClN3O4S. The van der Waals surface area contributed by atoms with Crippen molar-refractivity contribution in [1.82, 2.24) is 13.7 Å². The summed E-state index contributed by atoms with van der Waals surface area (Å²) in [7, 11) is -2.47. The van der Waals surface area contributed by atoms with E-state index in [-0.39, 0.29) is 22.5 Å². The molecule has 1 aliphatic heterocycles. The van der Waals surface area contributed by atoms with E-state index in [4.69, 9.17) is 16.3 Å². The Morgan fingerprint density at radius 2 is 1.96 bits per heavy atom. The third-order valence-corrected chi connectivity index (χ3v) is 7.19. The van der Waals surface area contributed by atoms with Crippen LogP contribution in [0.3, 0.4) is 0 Å². The smallest absolute Gasteiger partial charge is 0.262 e. The molecule has 3 aromatic rings. The summed E-state index contributed by atoms with van der Waals surface area (Å²) in [5.74, 6) is 0.388. The Morgan fingerprint density at radius 1 is 1.21 bits per heavy atom. The van der Waals surface area contributed by atoms with Crippen molar-refractivity contribution in [2.24, 2.45) is 0 Å². The molecule has 1 aliphatic rings. The van der Waals surface area contributed by atoms with Crippen molar-refractivity contribution in [1.29, 1.82) is 0 Å². The normalized spacial score (nSPS) is 17.9. The van der Waals surface area contributed by atoms with Gasteiger partial charge in [-0.25, -0.2) is 13.4 Å². The topological polar surface area (TPSA) is 81.0 Å². The number of aromatic nitrogens is 2. The average Bonchev–Trinajstić information content (AvgIpc) is 3.32. The van der Waals surface area contributed by atoms with Gasteiger partial charge in [0.1, 0.15) is 11.4 Å². The van der Waals surface area contributed by atoms with Gasteiger partial charge in [0.2, 0.25) is 0 Å². The van der Waals surface area contributed by atoms with Crippen molar-refractivity contribution in [2.75, 3.05) is 13.7 Å². The van der Waals surface area contributed by atoms with E-state index < -0.39 is 16.1 Å². The van der Waals surface area contributed by atoms with Gasteiger partial charge in [0.25, 0.3) is 10.0 Å². The molecule has 9 heteroatoms. The number of ether oxygens (including phenoxy) is 1. The third-order valence-electron chi connectivity index (χ3n) is 4.88. The van der Waals surface area contributed by atoms with E-state index >= 15 is 0 Å². The van der Waals surface area contributed by atoms with Crippen molar-refractivity contribution in [2.45, 2.75) is 23.9 Å². The predicted molar refractivity (Wildman–Crippen MR) is 104 cm³/mol. The number of benzene rings is 1. The number of Topliss-reactive ketones (excluding diaryl/α,β-unsaturated/α-hetero) is 1. The van der Waals surface area contributed by atoms with Crippen LogP contribution in [0.25, 0.3) is 5.65 Å². The molecule has 1 fully saturated rings. The lowest BCUT2D eigenvalue weighted by Gasteiger charge is -2.23. The highest BCUT2D eigenvalue weighted by atomic mass is 35.5. The van der Waals surface area contributed by atoms with Gasteiger partial charge in [0.05, 0.1) is 13.2 Å². The first-order chi connectivity index (χ1) is 13.4. The molecule has 28 heavy (non-hydrogen) atoms. The van der Waals surface area contributed by atoms with Gasteiger partial charge in [0, 0.05) is 18.3 Å². The fourth-order valence-corrected chi connectivity index (χ4v) is 5.78. The number of methoxy groups -OCH3 is 1. The van der Waals surface area contributed by atoms with Crippen molar-refractivity contribution >= 4 is 33.1 Å². The number of fused-ring (bicyclic) bond motifs is 1. The molecule has 0 aliphatic carbocycles. The molecule has 1 atom stereocenters. The van der Waals surface area contributed by atoms with Crippen LogP contribution in [-0.2, 0) is 10.0 Å². The van der Waals surface area contributed by atoms with Crippen LogP contribution in [0.2, 0.25) is 5.15 Å². The number of carbonyl (C=O) groups is 1. The number of rotatable bonds is 5. The number of halogens is 1. The second-order valence-corrected chi connectivity index (χ2v) is 8.67. The summed E-state index contributed by atoms with van der Waals surface area (Å²) in [6.07, 6.45) is 2.65. The van der Waals surface area contributed by atoms with Gasteiger partial charge in [0.15, 0.2) is 16.0 Å². The lowest BCUT2D eigenvalue weighted by Crippen LogP contribution is -2.41. The standard InChI is InChI=1S/C19H18ClN3O4S/c1-27-14-9-7-13(8-10-14)17(24)15-5-4-12-23(15)28(25,26)19-18(20)21-16-6-2-3-11-22(16)19/h2-3,6-11,15H,4-5,12H2,1H3/t15-/m1/s1. The second kappa shape index (κ2) is 7.20. The van der Waals surface area contributed by atoms with Crippen LogP contribution in [0.1, 0.15) is 23.2 Å². The van der Waals surface area contributed by atoms with E-state index in [1.165, 1.54) is 8.71 Å². The maximum Gasteiger partial charge on any atom is 0.262 e. The summed E-state index contributed by atoms with van der Waals surface area (Å²) >= 11 is 6.17. The fraction of sp³-hybridized carbons (Fsp3) is 0.263. The minimum atomic E-state index is -4.01. The second-order valence-electron chi connectivity index (χ2n) is 6.50. The molecule has 0 saturated carbocycles. The van der Waals surface area contributed by atoms with Crippen LogP contribution in [0, 0.1) is 0 Å². The summed E-state index contributed by atoms with van der Waals surface area (Å²) in [4.78, 5) is 17.1. The Hall–Kier alpha value is -2.42. The van der Waals surface area contributed by atoms with Crippen molar-refractivity contribution in [3.63, 3.8) is 0 Å². The van der Waals surface area contributed by atoms with Gasteiger partial charge in [-0.05, 0) is 49.2 Å². The predicted octanol–water partition coefficient (Wildman–Crippen LogP) is 3.03. The molecule has 1 saturated heterocycles. The lowest BCUT2D eigenvalue weighted by atomic mass is 10.0. The maximum absolute atomic E-state index is 13.4. The molecule has 3 heterocycles. The number of ketones is 1. The highest BCUT2D eigenvalue weighted by molar-refractivity contribution is 7.89. The Kier molecular flexibility index (Phi) is 4.86. The quantitative estimate of drug-likeness (QED) is 0.594. The van der Waals surface area contributed by atoms with Gasteiger partial charge >= 0.3 is 0 Å². The number of imidazole rings is 1. The van der Waals surface area contributed by atoms with E-state index in [0.717, 1.165) is 0 Å². The summed E-state index contributed by atoms with van der Waals surface area (Å²) in [6.45, 7) is 0.255. The first-order valence-corrected chi connectivity index (χ1v) is 10.6. The largest absolute Gasteiger partial charge is 0.497 e. The maximum atomic E-state index is 13.4. The molecule has 1 aromatic carbocycles. The van der Waals surface area contributed by atoms with E-state index in [2.05, 4.69) is 4.98 Å². The Balaban J connectivity index is 1.72. The van der Waals surface area contributed by atoms with Gasteiger partial charge in [-0.3, -0.25) is 9.20 Å². The van der Waals surface area contributed by atoms with Crippen LogP contribution in [-0.4, -0.2) is 47.6 Å². The van der Waals surface area contributed by atoms with Crippen molar-refractivity contribution in [3.8, 4) is 5.75 Å². The van der Waals surface area contributed by atoms with E-state index in [0.29, 0.717) is 29.8 Å². The molecule has 2 aromatic heterocycles. The zero-order valence-electron chi connectivity index (χ0n) is 15.1. The SMILES string of the molecule is COc1ccc(C(=O)[C@H]2CCCN2S(=O)(=O)c2c(Cl)nc3ccccn23)cc1. The number of hydrogen-bond donors (Lipinski definition) is 0. The number of carbonyl (C=O) groups excluding carboxylic acids is 1. The number of pyridine rings is 1. The molecular weight excluding hydrogens is 402 g/mol.